The monoisotopic (exact) mass is 386 g/mol. The number of carbonyl (C=O) groups is 1. The number of sulfonamides is 1. The van der Waals surface area contributed by atoms with Gasteiger partial charge in [0, 0.05) is 5.56 Å². The van der Waals surface area contributed by atoms with Crippen LogP contribution < -0.4 is 10.0 Å². The summed E-state index contributed by atoms with van der Waals surface area (Å²) in [6, 6.07) is 15.5. The highest BCUT2D eigenvalue weighted by Crippen LogP contribution is 2.26. The molecule has 26 heavy (non-hydrogen) atoms. The van der Waals surface area contributed by atoms with Gasteiger partial charge >= 0.3 is 0 Å². The molecule has 1 heterocycles. The lowest BCUT2D eigenvalue weighted by atomic mass is 10.1. The number of aryl methyl sites for hydroxylation is 2. The normalized spacial score (nSPS) is 11.2. The largest absolute Gasteiger partial charge is 0.320 e. The molecule has 2 aromatic carbocycles. The van der Waals surface area contributed by atoms with Crippen LogP contribution in [0, 0.1) is 13.8 Å². The average molecular weight is 386 g/mol. The van der Waals surface area contributed by atoms with Crippen molar-refractivity contribution in [2.45, 2.75) is 18.1 Å². The lowest BCUT2D eigenvalue weighted by Crippen LogP contribution is -2.16. The number of para-hydroxylation sites is 2. The highest BCUT2D eigenvalue weighted by atomic mass is 32.2. The summed E-state index contributed by atoms with van der Waals surface area (Å²) in [5.74, 6) is -0.292. The maximum atomic E-state index is 12.6. The standard InChI is InChI=1S/C19H18N2O3S2/c1-13-10-14(2)12-15(11-13)19(22)20-16-6-3-4-7-17(16)21-26(23,24)18-8-5-9-25-18/h3-12,21H,1-2H3,(H,20,22). The van der Waals surface area contributed by atoms with Crippen molar-refractivity contribution < 1.29 is 13.2 Å². The summed E-state index contributed by atoms with van der Waals surface area (Å²) in [7, 11) is -3.69. The van der Waals surface area contributed by atoms with Gasteiger partial charge in [-0.2, -0.15) is 0 Å². The van der Waals surface area contributed by atoms with Gasteiger partial charge in [0.25, 0.3) is 15.9 Å². The first-order chi connectivity index (χ1) is 12.3. The molecular formula is C19H18N2O3S2. The molecule has 0 atom stereocenters. The van der Waals surface area contributed by atoms with E-state index in [4.69, 9.17) is 0 Å². The van der Waals surface area contributed by atoms with Gasteiger partial charge in [0.05, 0.1) is 11.4 Å². The second-order valence-electron chi connectivity index (χ2n) is 5.91. The number of thiophene rings is 1. The molecule has 5 nitrogen and oxygen atoms in total. The van der Waals surface area contributed by atoms with Gasteiger partial charge in [-0.3, -0.25) is 9.52 Å². The molecule has 0 unspecified atom stereocenters. The predicted octanol–water partition coefficient (Wildman–Crippen LogP) is 4.42. The zero-order valence-electron chi connectivity index (χ0n) is 14.3. The molecule has 3 aromatic rings. The zero-order valence-corrected chi connectivity index (χ0v) is 15.9. The van der Waals surface area contributed by atoms with E-state index in [1.54, 1.807) is 47.8 Å². The number of benzene rings is 2. The molecule has 0 saturated heterocycles. The van der Waals surface area contributed by atoms with E-state index in [9.17, 15) is 13.2 Å². The minimum atomic E-state index is -3.69. The lowest BCUT2D eigenvalue weighted by molar-refractivity contribution is 0.102. The van der Waals surface area contributed by atoms with E-state index in [0.717, 1.165) is 22.5 Å². The number of rotatable bonds is 5. The molecule has 0 aliphatic carbocycles. The Morgan fingerprint density at radius 3 is 2.19 bits per heavy atom. The summed E-state index contributed by atoms with van der Waals surface area (Å²) >= 11 is 1.13. The van der Waals surface area contributed by atoms with Crippen molar-refractivity contribution in [3.63, 3.8) is 0 Å². The van der Waals surface area contributed by atoms with Gasteiger partial charge in [0.1, 0.15) is 4.21 Å². The van der Waals surface area contributed by atoms with Crippen molar-refractivity contribution >= 4 is 38.6 Å². The Morgan fingerprint density at radius 2 is 1.58 bits per heavy atom. The van der Waals surface area contributed by atoms with E-state index in [0.29, 0.717) is 16.9 Å². The highest BCUT2D eigenvalue weighted by Gasteiger charge is 2.18. The van der Waals surface area contributed by atoms with Gasteiger partial charge < -0.3 is 5.32 Å². The van der Waals surface area contributed by atoms with Crippen LogP contribution in [-0.2, 0) is 10.0 Å². The first kappa shape index (κ1) is 18.2. The van der Waals surface area contributed by atoms with Crippen molar-refractivity contribution in [2.24, 2.45) is 0 Å². The quantitative estimate of drug-likeness (QED) is 0.682. The molecule has 1 amide bonds. The predicted molar refractivity (Wildman–Crippen MR) is 105 cm³/mol. The van der Waals surface area contributed by atoms with E-state index in [2.05, 4.69) is 10.0 Å². The fourth-order valence-corrected chi connectivity index (χ4v) is 4.67. The molecule has 3 rings (SSSR count). The van der Waals surface area contributed by atoms with Crippen molar-refractivity contribution in [3.05, 3.63) is 76.7 Å². The second-order valence-corrected chi connectivity index (χ2v) is 8.77. The van der Waals surface area contributed by atoms with Gasteiger partial charge in [-0.15, -0.1) is 11.3 Å². The van der Waals surface area contributed by atoms with E-state index < -0.39 is 10.0 Å². The van der Waals surface area contributed by atoms with Gasteiger partial charge in [-0.05, 0) is 49.6 Å². The molecule has 7 heteroatoms. The van der Waals surface area contributed by atoms with Crippen LogP contribution in [0.15, 0.2) is 64.2 Å². The number of amides is 1. The van der Waals surface area contributed by atoms with Crippen LogP contribution in [0.25, 0.3) is 0 Å². The van der Waals surface area contributed by atoms with E-state index in [1.807, 2.05) is 19.9 Å². The Hall–Kier alpha value is -2.64. The van der Waals surface area contributed by atoms with Crippen LogP contribution in [0.5, 0.6) is 0 Å². The van der Waals surface area contributed by atoms with Crippen LogP contribution in [0.1, 0.15) is 21.5 Å². The molecule has 0 radical (unpaired) electrons. The first-order valence-electron chi connectivity index (χ1n) is 7.90. The average Bonchev–Trinajstić information content (AvgIpc) is 3.11. The van der Waals surface area contributed by atoms with Gasteiger partial charge in [0.2, 0.25) is 0 Å². The number of nitrogens with one attached hydrogen (secondary N) is 2. The summed E-state index contributed by atoms with van der Waals surface area (Å²) in [6.45, 7) is 3.85. The fourth-order valence-electron chi connectivity index (χ4n) is 2.59. The molecule has 0 saturated carbocycles. The van der Waals surface area contributed by atoms with Crippen molar-refractivity contribution in [2.75, 3.05) is 10.0 Å². The van der Waals surface area contributed by atoms with Gasteiger partial charge in [-0.1, -0.05) is 35.4 Å². The molecule has 2 N–H and O–H groups in total. The smallest absolute Gasteiger partial charge is 0.271 e. The van der Waals surface area contributed by atoms with Crippen LogP contribution >= 0.6 is 11.3 Å². The first-order valence-corrected chi connectivity index (χ1v) is 10.3. The van der Waals surface area contributed by atoms with Crippen LogP contribution in [0.3, 0.4) is 0 Å². The number of carbonyl (C=O) groups excluding carboxylic acids is 1. The van der Waals surface area contributed by atoms with Crippen molar-refractivity contribution in [1.29, 1.82) is 0 Å². The number of hydrogen-bond acceptors (Lipinski definition) is 4. The van der Waals surface area contributed by atoms with Crippen molar-refractivity contribution in [1.82, 2.24) is 0 Å². The second kappa shape index (κ2) is 7.31. The van der Waals surface area contributed by atoms with Gasteiger partial charge in [0.15, 0.2) is 0 Å². The van der Waals surface area contributed by atoms with E-state index >= 15 is 0 Å². The van der Waals surface area contributed by atoms with E-state index in [1.165, 1.54) is 6.07 Å². The van der Waals surface area contributed by atoms with Gasteiger partial charge in [-0.25, -0.2) is 8.42 Å². The van der Waals surface area contributed by atoms with Crippen LogP contribution in [0.4, 0.5) is 11.4 Å². The minimum absolute atomic E-state index is 0.216. The van der Waals surface area contributed by atoms with Crippen LogP contribution in [0.2, 0.25) is 0 Å². The molecule has 0 aliphatic heterocycles. The maximum Gasteiger partial charge on any atom is 0.271 e. The molecular weight excluding hydrogens is 368 g/mol. The lowest BCUT2D eigenvalue weighted by Gasteiger charge is -2.13. The summed E-state index contributed by atoms with van der Waals surface area (Å²) in [6.07, 6.45) is 0. The third-order valence-electron chi connectivity index (χ3n) is 3.66. The van der Waals surface area contributed by atoms with E-state index in [-0.39, 0.29) is 10.1 Å². The third kappa shape index (κ3) is 4.12. The molecule has 0 spiro atoms. The summed E-state index contributed by atoms with van der Waals surface area (Å²) < 4.78 is 27.6. The Labute approximate surface area is 156 Å². The Bertz CT molecular complexity index is 1020. The Kier molecular flexibility index (Phi) is 5.11. The summed E-state index contributed by atoms with van der Waals surface area (Å²) in [5.41, 5.74) is 3.22. The Morgan fingerprint density at radius 1 is 0.923 bits per heavy atom. The fraction of sp³-hybridized carbons (Fsp3) is 0.105. The molecule has 0 fully saturated rings. The molecule has 134 valence electrons. The number of anilines is 2. The molecule has 1 aromatic heterocycles. The third-order valence-corrected chi connectivity index (χ3v) is 6.43. The topological polar surface area (TPSA) is 75.3 Å². The molecule has 0 bridgehead atoms. The highest BCUT2D eigenvalue weighted by molar-refractivity contribution is 7.94. The zero-order chi connectivity index (χ0) is 18.7. The Balaban J connectivity index is 1.87. The maximum absolute atomic E-state index is 12.6. The van der Waals surface area contributed by atoms with Crippen molar-refractivity contribution in [3.8, 4) is 0 Å². The summed E-state index contributed by atoms with van der Waals surface area (Å²) in [5, 5.41) is 4.48. The molecule has 0 aliphatic rings. The minimum Gasteiger partial charge on any atom is -0.320 e. The summed E-state index contributed by atoms with van der Waals surface area (Å²) in [4.78, 5) is 12.6. The SMILES string of the molecule is Cc1cc(C)cc(C(=O)Nc2ccccc2NS(=O)(=O)c2cccs2)c1. The van der Waals surface area contributed by atoms with Crippen LogP contribution in [-0.4, -0.2) is 14.3 Å². The number of hydrogen-bond donors (Lipinski definition) is 2.